The highest BCUT2D eigenvalue weighted by Crippen LogP contribution is 2.28. The van der Waals surface area contributed by atoms with Crippen molar-refractivity contribution >= 4 is 10.0 Å². The van der Waals surface area contributed by atoms with Crippen LogP contribution < -0.4 is 4.72 Å². The van der Waals surface area contributed by atoms with E-state index in [0.717, 1.165) is 18.4 Å². The van der Waals surface area contributed by atoms with Gasteiger partial charge in [0.1, 0.15) is 0 Å². The molecule has 0 heterocycles. The summed E-state index contributed by atoms with van der Waals surface area (Å²) in [6, 6.07) is 9.20. The van der Waals surface area contributed by atoms with Gasteiger partial charge in [0.05, 0.1) is 17.4 Å². The fourth-order valence-corrected chi connectivity index (χ4v) is 4.52. The van der Waals surface area contributed by atoms with Crippen LogP contribution in [0.1, 0.15) is 38.2 Å². The second-order valence-corrected chi connectivity index (χ2v) is 7.37. The molecule has 0 radical (unpaired) electrons. The molecule has 1 aromatic rings. The molecule has 0 spiro atoms. The Bertz CT molecular complexity index is 509. The maximum absolute atomic E-state index is 12.4. The van der Waals surface area contributed by atoms with Gasteiger partial charge in [-0.25, -0.2) is 13.1 Å². The maximum atomic E-state index is 12.4. The Morgan fingerprint density at radius 3 is 2.37 bits per heavy atom. The van der Waals surface area contributed by atoms with Gasteiger partial charge in [-0.15, -0.1) is 0 Å². The molecule has 0 saturated heterocycles. The zero-order chi connectivity index (χ0) is 13.9. The van der Waals surface area contributed by atoms with Crippen LogP contribution in [0.2, 0.25) is 0 Å². The number of aliphatic hydroxyl groups is 1. The topological polar surface area (TPSA) is 66.4 Å². The summed E-state index contributed by atoms with van der Waals surface area (Å²) in [7, 11) is -3.39. The van der Waals surface area contributed by atoms with Gasteiger partial charge in [-0.2, -0.15) is 0 Å². The molecule has 2 rings (SSSR count). The van der Waals surface area contributed by atoms with Crippen molar-refractivity contribution in [3.8, 4) is 0 Å². The summed E-state index contributed by atoms with van der Waals surface area (Å²) in [5.41, 5.74) is -0.179. The van der Waals surface area contributed by atoms with E-state index in [0.29, 0.717) is 12.8 Å². The van der Waals surface area contributed by atoms with Crippen molar-refractivity contribution in [2.24, 2.45) is 0 Å². The number of aliphatic hydroxyl groups excluding tert-OH is 1. The van der Waals surface area contributed by atoms with Crippen LogP contribution in [0.3, 0.4) is 0 Å². The van der Waals surface area contributed by atoms with Gasteiger partial charge >= 0.3 is 0 Å². The smallest absolute Gasteiger partial charge is 0.215 e. The predicted octanol–water partition coefficient (Wildman–Crippen LogP) is 1.76. The van der Waals surface area contributed by atoms with Gasteiger partial charge in [0, 0.05) is 0 Å². The number of hydrogen-bond acceptors (Lipinski definition) is 3. The lowest BCUT2D eigenvalue weighted by Crippen LogP contribution is -2.49. The molecule has 1 aliphatic rings. The van der Waals surface area contributed by atoms with E-state index in [1.165, 1.54) is 0 Å². The minimum absolute atomic E-state index is 0.261. The average molecular weight is 283 g/mol. The molecule has 1 unspecified atom stereocenters. The maximum Gasteiger partial charge on any atom is 0.215 e. The summed E-state index contributed by atoms with van der Waals surface area (Å²) < 4.78 is 27.4. The lowest BCUT2D eigenvalue weighted by Gasteiger charge is -2.30. The highest BCUT2D eigenvalue weighted by Gasteiger charge is 2.36. The molecule has 1 atom stereocenters. The molecule has 0 bridgehead atoms. The molecule has 0 aromatic heterocycles. The van der Waals surface area contributed by atoms with Gasteiger partial charge in [-0.1, -0.05) is 43.2 Å². The monoisotopic (exact) mass is 283 g/mol. The number of nitrogens with one attached hydrogen (secondary N) is 1. The minimum Gasteiger partial charge on any atom is -0.394 e. The van der Waals surface area contributed by atoms with Crippen molar-refractivity contribution in [2.75, 3.05) is 6.61 Å². The SMILES string of the molecule is CC(CO)(NS(=O)(=O)C1CCCC1)c1ccccc1. The number of hydrogen-bond donors (Lipinski definition) is 2. The van der Waals surface area contributed by atoms with E-state index in [9.17, 15) is 13.5 Å². The zero-order valence-electron chi connectivity index (χ0n) is 11.2. The van der Waals surface area contributed by atoms with Crippen LogP contribution in [0, 0.1) is 0 Å². The van der Waals surface area contributed by atoms with E-state index in [1.54, 1.807) is 6.92 Å². The van der Waals surface area contributed by atoms with Crippen molar-refractivity contribution in [1.29, 1.82) is 0 Å². The predicted molar refractivity (Wildman–Crippen MR) is 75.2 cm³/mol. The van der Waals surface area contributed by atoms with Crippen LogP contribution >= 0.6 is 0 Å². The van der Waals surface area contributed by atoms with E-state index < -0.39 is 15.6 Å². The van der Waals surface area contributed by atoms with E-state index in [2.05, 4.69) is 4.72 Å². The molecular formula is C14H21NO3S. The van der Waals surface area contributed by atoms with Gasteiger partial charge < -0.3 is 5.11 Å². The van der Waals surface area contributed by atoms with Gasteiger partial charge in [0.25, 0.3) is 0 Å². The highest BCUT2D eigenvalue weighted by molar-refractivity contribution is 7.90. The Hall–Kier alpha value is -0.910. The van der Waals surface area contributed by atoms with Crippen LogP contribution in [0.5, 0.6) is 0 Å². The molecule has 1 aliphatic carbocycles. The van der Waals surface area contributed by atoms with Gasteiger partial charge in [0.15, 0.2) is 0 Å². The summed E-state index contributed by atoms with van der Waals surface area (Å²) >= 11 is 0. The molecule has 4 nitrogen and oxygen atoms in total. The molecule has 0 aliphatic heterocycles. The molecule has 0 amide bonds. The van der Waals surface area contributed by atoms with E-state index in [4.69, 9.17) is 0 Å². The van der Waals surface area contributed by atoms with E-state index >= 15 is 0 Å². The number of sulfonamides is 1. The molecule has 1 saturated carbocycles. The minimum atomic E-state index is -3.39. The molecule has 2 N–H and O–H groups in total. The van der Waals surface area contributed by atoms with Crippen LogP contribution in [0.15, 0.2) is 30.3 Å². The van der Waals surface area contributed by atoms with Crippen molar-refractivity contribution in [1.82, 2.24) is 4.72 Å². The average Bonchev–Trinajstić information content (AvgIpc) is 2.94. The first-order valence-corrected chi connectivity index (χ1v) is 8.22. The third-order valence-corrected chi connectivity index (χ3v) is 5.92. The molecule has 1 aromatic carbocycles. The van der Waals surface area contributed by atoms with Crippen molar-refractivity contribution in [2.45, 2.75) is 43.4 Å². The normalized spacial score (nSPS) is 20.3. The number of rotatable bonds is 5. The lowest BCUT2D eigenvalue weighted by molar-refractivity contribution is 0.195. The molecule has 5 heteroatoms. The first-order valence-electron chi connectivity index (χ1n) is 6.67. The Balaban J connectivity index is 2.23. The Labute approximate surface area is 114 Å². The second-order valence-electron chi connectivity index (χ2n) is 5.41. The Kier molecular flexibility index (Phi) is 4.28. The van der Waals surface area contributed by atoms with Crippen molar-refractivity contribution in [3.63, 3.8) is 0 Å². The van der Waals surface area contributed by atoms with E-state index in [1.807, 2.05) is 30.3 Å². The summed E-state index contributed by atoms with van der Waals surface area (Å²) in [4.78, 5) is 0. The summed E-state index contributed by atoms with van der Waals surface area (Å²) in [6.45, 7) is 1.46. The first-order chi connectivity index (χ1) is 8.98. The first kappa shape index (κ1) is 14.5. The summed E-state index contributed by atoms with van der Waals surface area (Å²) in [5, 5.41) is 9.30. The van der Waals surface area contributed by atoms with Gasteiger partial charge in [-0.05, 0) is 25.3 Å². The fourth-order valence-electron chi connectivity index (χ4n) is 2.58. The quantitative estimate of drug-likeness (QED) is 0.865. The highest BCUT2D eigenvalue weighted by atomic mass is 32.2. The van der Waals surface area contributed by atoms with Gasteiger partial charge in [-0.3, -0.25) is 0 Å². The fraction of sp³-hybridized carbons (Fsp3) is 0.571. The lowest BCUT2D eigenvalue weighted by atomic mass is 9.94. The third kappa shape index (κ3) is 3.16. The molecule has 1 fully saturated rings. The Morgan fingerprint density at radius 1 is 1.26 bits per heavy atom. The van der Waals surface area contributed by atoms with Crippen molar-refractivity contribution < 1.29 is 13.5 Å². The molecular weight excluding hydrogens is 262 g/mol. The molecule has 106 valence electrons. The van der Waals surface area contributed by atoms with Crippen molar-refractivity contribution in [3.05, 3.63) is 35.9 Å². The summed E-state index contributed by atoms with van der Waals surface area (Å²) in [6.07, 6.45) is 3.36. The van der Waals surface area contributed by atoms with Gasteiger partial charge in [0.2, 0.25) is 10.0 Å². The summed E-state index contributed by atoms with van der Waals surface area (Å²) in [5.74, 6) is 0. The third-order valence-electron chi connectivity index (χ3n) is 3.84. The van der Waals surface area contributed by atoms with Crippen LogP contribution in [-0.4, -0.2) is 25.4 Å². The van der Waals surface area contributed by atoms with Crippen LogP contribution in [-0.2, 0) is 15.6 Å². The Morgan fingerprint density at radius 2 is 1.84 bits per heavy atom. The standard InChI is InChI=1S/C14H21NO3S/c1-14(11-16,12-7-3-2-4-8-12)15-19(17,18)13-9-5-6-10-13/h2-4,7-8,13,15-16H,5-6,9-11H2,1H3. The van der Waals surface area contributed by atoms with Crippen LogP contribution in [0.25, 0.3) is 0 Å². The zero-order valence-corrected chi connectivity index (χ0v) is 12.0. The molecule has 19 heavy (non-hydrogen) atoms. The van der Waals surface area contributed by atoms with Crippen LogP contribution in [0.4, 0.5) is 0 Å². The van der Waals surface area contributed by atoms with E-state index in [-0.39, 0.29) is 11.9 Å². The largest absolute Gasteiger partial charge is 0.394 e. The second kappa shape index (κ2) is 5.61. The number of benzene rings is 1.